The van der Waals surface area contributed by atoms with Crippen LogP contribution in [0.4, 0.5) is 0 Å². The molecule has 2 aromatic rings. The van der Waals surface area contributed by atoms with Crippen molar-refractivity contribution in [2.75, 3.05) is 6.61 Å². The van der Waals surface area contributed by atoms with Crippen LogP contribution in [0.1, 0.15) is 71.8 Å². The number of ether oxygens (including phenoxy) is 1. The van der Waals surface area contributed by atoms with E-state index in [-0.39, 0.29) is 16.8 Å². The summed E-state index contributed by atoms with van der Waals surface area (Å²) < 4.78 is 11.1. The maximum atomic E-state index is 11.6. The molecule has 0 spiro atoms. The van der Waals surface area contributed by atoms with Gasteiger partial charge in [0.15, 0.2) is 0 Å². The lowest BCUT2D eigenvalue weighted by Crippen LogP contribution is -2.13. The van der Waals surface area contributed by atoms with Crippen LogP contribution >= 0.6 is 0 Å². The summed E-state index contributed by atoms with van der Waals surface area (Å²) in [6.07, 6.45) is 7.85. The summed E-state index contributed by atoms with van der Waals surface area (Å²) in [6, 6.07) is 6.69. The molecule has 3 heteroatoms. The second-order valence-electron chi connectivity index (χ2n) is 9.44. The summed E-state index contributed by atoms with van der Waals surface area (Å²) in [4.78, 5) is 11.6. The van der Waals surface area contributed by atoms with Crippen molar-refractivity contribution < 1.29 is 13.9 Å². The second kappa shape index (κ2) is 7.85. The summed E-state index contributed by atoms with van der Waals surface area (Å²) in [6.45, 7) is 15.4. The van der Waals surface area contributed by atoms with Gasteiger partial charge in [0.2, 0.25) is 0 Å². The number of hydrogen-bond donors (Lipinski definition) is 0. The van der Waals surface area contributed by atoms with Crippen LogP contribution in [0.5, 0.6) is 0 Å². The van der Waals surface area contributed by atoms with Crippen LogP contribution in [0.3, 0.4) is 0 Å². The van der Waals surface area contributed by atoms with Gasteiger partial charge >= 0.3 is 5.97 Å². The third kappa shape index (κ3) is 4.34. The van der Waals surface area contributed by atoms with Crippen molar-refractivity contribution in [3.8, 4) is 0 Å². The third-order valence-corrected chi connectivity index (χ3v) is 6.02. The molecule has 29 heavy (non-hydrogen) atoms. The Morgan fingerprint density at radius 3 is 2.66 bits per heavy atom. The smallest absolute Gasteiger partial charge is 0.330 e. The first kappa shape index (κ1) is 21.4. The Morgan fingerprint density at radius 1 is 1.31 bits per heavy atom. The van der Waals surface area contributed by atoms with Crippen LogP contribution in [-0.2, 0) is 26.8 Å². The molecular formula is C26H34O3. The molecule has 1 fully saturated rings. The number of aryl methyl sites for hydroxylation is 1. The van der Waals surface area contributed by atoms with E-state index >= 15 is 0 Å². The molecule has 2 atom stereocenters. The van der Waals surface area contributed by atoms with Crippen molar-refractivity contribution >= 4 is 16.9 Å². The van der Waals surface area contributed by atoms with Crippen LogP contribution in [-0.4, -0.2) is 12.6 Å². The molecule has 0 N–H and O–H groups in total. The third-order valence-electron chi connectivity index (χ3n) is 6.02. The van der Waals surface area contributed by atoms with Gasteiger partial charge in [0.25, 0.3) is 0 Å². The molecule has 0 amide bonds. The van der Waals surface area contributed by atoms with Gasteiger partial charge in [-0.05, 0) is 60.3 Å². The molecule has 3 nitrogen and oxygen atoms in total. The minimum absolute atomic E-state index is 0.0496. The summed E-state index contributed by atoms with van der Waals surface area (Å²) >= 11 is 0. The van der Waals surface area contributed by atoms with E-state index < -0.39 is 0 Å². The Balaban J connectivity index is 1.86. The van der Waals surface area contributed by atoms with Crippen LogP contribution in [0.25, 0.3) is 11.0 Å². The number of benzene rings is 1. The number of fused-ring (bicyclic) bond motifs is 1. The normalized spacial score (nSPS) is 22.4. The van der Waals surface area contributed by atoms with E-state index in [1.54, 1.807) is 6.08 Å². The number of hydrogen-bond acceptors (Lipinski definition) is 3. The maximum Gasteiger partial charge on any atom is 0.330 e. The van der Waals surface area contributed by atoms with Crippen LogP contribution in [0.2, 0.25) is 0 Å². The van der Waals surface area contributed by atoms with E-state index in [0.29, 0.717) is 12.5 Å². The molecule has 0 unspecified atom stereocenters. The quantitative estimate of drug-likeness (QED) is 0.313. The van der Waals surface area contributed by atoms with Crippen LogP contribution < -0.4 is 0 Å². The van der Waals surface area contributed by atoms with Crippen molar-refractivity contribution in [3.05, 3.63) is 58.9 Å². The van der Waals surface area contributed by atoms with Gasteiger partial charge in [-0.1, -0.05) is 52.8 Å². The number of esters is 1. The largest absolute Gasteiger partial charge is 0.463 e. The molecule has 156 valence electrons. The van der Waals surface area contributed by atoms with Gasteiger partial charge in [0.1, 0.15) is 11.3 Å². The highest BCUT2D eigenvalue weighted by Gasteiger charge is 2.49. The number of carbonyl (C=O) groups is 1. The maximum absolute atomic E-state index is 11.6. The summed E-state index contributed by atoms with van der Waals surface area (Å²) in [7, 11) is 0. The van der Waals surface area contributed by atoms with Gasteiger partial charge in [0.05, 0.1) is 6.61 Å². The lowest BCUT2D eigenvalue weighted by molar-refractivity contribution is -0.137. The lowest BCUT2D eigenvalue weighted by atomic mass is 9.83. The Labute approximate surface area is 174 Å². The van der Waals surface area contributed by atoms with Crippen molar-refractivity contribution in [2.24, 2.45) is 5.92 Å². The summed E-state index contributed by atoms with van der Waals surface area (Å²) in [5.74, 6) is 1.29. The summed E-state index contributed by atoms with van der Waals surface area (Å²) in [5, 5.41) is 1.25. The molecular weight excluding hydrogens is 360 g/mol. The minimum atomic E-state index is -0.278. The monoisotopic (exact) mass is 394 g/mol. The molecule has 0 saturated heterocycles. The molecule has 1 aromatic carbocycles. The fourth-order valence-electron chi connectivity index (χ4n) is 4.27. The molecule has 0 aliphatic heterocycles. The molecule has 1 aliphatic carbocycles. The fraction of sp³-hybridized carbons (Fsp3) is 0.500. The van der Waals surface area contributed by atoms with Crippen molar-refractivity contribution in [1.29, 1.82) is 0 Å². The molecule has 3 rings (SSSR count). The average Bonchev–Trinajstić information content (AvgIpc) is 3.14. The zero-order valence-corrected chi connectivity index (χ0v) is 18.9. The van der Waals surface area contributed by atoms with E-state index in [0.717, 1.165) is 29.8 Å². The molecule has 1 saturated carbocycles. The minimum Gasteiger partial charge on any atom is -0.463 e. The van der Waals surface area contributed by atoms with Gasteiger partial charge in [-0.25, -0.2) is 4.79 Å². The molecule has 1 aliphatic rings. The Morgan fingerprint density at radius 2 is 2.03 bits per heavy atom. The van der Waals surface area contributed by atoms with Crippen LogP contribution in [0.15, 0.2) is 46.4 Å². The Bertz CT molecular complexity index is 968. The lowest BCUT2D eigenvalue weighted by Gasteiger charge is -2.19. The topological polar surface area (TPSA) is 39.4 Å². The predicted octanol–water partition coefficient (Wildman–Crippen LogP) is 6.64. The molecule has 1 aromatic heterocycles. The Hall–Kier alpha value is -2.29. The molecule has 1 heterocycles. The SMILES string of the molecule is CCOC(=O)/C=C(C)/C=C/[C@@H]1C[C@]1(C)c1ccc2oc(CC)c(C(C)(C)C)c2c1. The fourth-order valence-corrected chi connectivity index (χ4v) is 4.27. The first-order valence-corrected chi connectivity index (χ1v) is 10.7. The van der Waals surface area contributed by atoms with Gasteiger partial charge in [-0.2, -0.15) is 0 Å². The van der Waals surface area contributed by atoms with E-state index in [4.69, 9.17) is 9.15 Å². The van der Waals surface area contributed by atoms with Gasteiger partial charge < -0.3 is 9.15 Å². The number of allylic oxidation sites excluding steroid dienone is 3. The second-order valence-corrected chi connectivity index (χ2v) is 9.44. The van der Waals surface area contributed by atoms with Gasteiger partial charge in [-0.15, -0.1) is 0 Å². The average molecular weight is 395 g/mol. The predicted molar refractivity (Wildman–Crippen MR) is 119 cm³/mol. The first-order chi connectivity index (χ1) is 13.6. The summed E-state index contributed by atoms with van der Waals surface area (Å²) in [5.41, 5.74) is 4.79. The van der Waals surface area contributed by atoms with E-state index in [9.17, 15) is 4.79 Å². The highest BCUT2D eigenvalue weighted by molar-refractivity contribution is 5.85. The van der Waals surface area contributed by atoms with Gasteiger partial charge in [-0.3, -0.25) is 0 Å². The highest BCUT2D eigenvalue weighted by Crippen LogP contribution is 2.55. The standard InChI is InChI=1S/C26H34O3/c1-8-21-24(25(4,5)6)20-15-18(12-13-22(20)29-21)26(7)16-19(26)11-10-17(3)14-23(27)28-9-2/h10-15,19H,8-9,16H2,1-7H3/b11-10+,17-14+/t19-,26-/m1/s1. The number of rotatable bonds is 6. The molecule has 0 bridgehead atoms. The molecule has 0 radical (unpaired) electrons. The van der Waals surface area contributed by atoms with Crippen molar-refractivity contribution in [1.82, 2.24) is 0 Å². The van der Waals surface area contributed by atoms with Crippen LogP contribution in [0, 0.1) is 5.92 Å². The zero-order chi connectivity index (χ0) is 21.4. The van der Waals surface area contributed by atoms with Crippen molar-refractivity contribution in [3.63, 3.8) is 0 Å². The van der Waals surface area contributed by atoms with E-state index in [1.807, 2.05) is 19.9 Å². The van der Waals surface area contributed by atoms with Crippen molar-refractivity contribution in [2.45, 2.75) is 72.1 Å². The van der Waals surface area contributed by atoms with E-state index in [2.05, 4.69) is 58.9 Å². The first-order valence-electron chi connectivity index (χ1n) is 10.7. The zero-order valence-electron chi connectivity index (χ0n) is 18.9. The van der Waals surface area contributed by atoms with E-state index in [1.165, 1.54) is 16.5 Å². The highest BCUT2D eigenvalue weighted by atomic mass is 16.5. The number of carbonyl (C=O) groups excluding carboxylic acids is 1. The van der Waals surface area contributed by atoms with Gasteiger partial charge in [0, 0.05) is 23.4 Å². The Kier molecular flexibility index (Phi) is 5.80. The number of furan rings is 1.